The predicted octanol–water partition coefficient (Wildman–Crippen LogP) is 2.21. The third-order valence-corrected chi connectivity index (χ3v) is 4.94. The lowest BCUT2D eigenvalue weighted by atomic mass is 9.99. The maximum absolute atomic E-state index is 12.1. The van der Waals surface area contributed by atoms with Gasteiger partial charge in [0.15, 0.2) is 0 Å². The number of nitrogens with one attached hydrogen (secondary N) is 1. The van der Waals surface area contributed by atoms with Gasteiger partial charge in [-0.1, -0.05) is 6.07 Å². The largest absolute Gasteiger partial charge is 0.374 e. The summed E-state index contributed by atoms with van der Waals surface area (Å²) in [6, 6.07) is 6.31. The maximum atomic E-state index is 12.1. The van der Waals surface area contributed by atoms with Crippen LogP contribution < -0.4 is 10.2 Å². The highest BCUT2D eigenvalue weighted by Crippen LogP contribution is 2.27. The zero-order chi connectivity index (χ0) is 17.8. The number of carbonyl (C=O) groups excluding carboxylic acids is 2. The molecule has 0 bridgehead atoms. The van der Waals surface area contributed by atoms with Crippen molar-refractivity contribution < 1.29 is 9.59 Å². The van der Waals surface area contributed by atoms with Crippen LogP contribution in [0.15, 0.2) is 24.3 Å². The van der Waals surface area contributed by atoms with Crippen molar-refractivity contribution >= 4 is 23.6 Å². The molecule has 25 heavy (non-hydrogen) atoms. The van der Waals surface area contributed by atoms with E-state index in [1.807, 2.05) is 17.9 Å². The summed E-state index contributed by atoms with van der Waals surface area (Å²) in [6.45, 7) is 4.43. The Kier molecular flexibility index (Phi) is 5.41. The topological polar surface area (TPSA) is 52.7 Å². The molecule has 2 aliphatic heterocycles. The first-order chi connectivity index (χ1) is 12.0. The minimum Gasteiger partial charge on any atom is -0.374 e. The smallest absolute Gasteiger partial charge is 0.244 e. The number of carbonyl (C=O) groups is 2. The molecule has 2 amide bonds. The second-order valence-corrected chi connectivity index (χ2v) is 7.10. The van der Waals surface area contributed by atoms with E-state index in [1.165, 1.54) is 17.7 Å². The molecule has 2 heterocycles. The van der Waals surface area contributed by atoms with Gasteiger partial charge < -0.3 is 15.1 Å². The summed E-state index contributed by atoms with van der Waals surface area (Å²) in [6.07, 6.45) is 7.26. The van der Waals surface area contributed by atoms with Crippen molar-refractivity contribution in [1.29, 1.82) is 0 Å². The third-order valence-electron chi connectivity index (χ3n) is 4.94. The SMILES string of the molecule is CC(CN1CCCC1=O)NC(=O)C=Cc1ccc2c(c1)CCCN2C. The molecule has 1 fully saturated rings. The molecule has 1 N–H and O–H groups in total. The van der Waals surface area contributed by atoms with Gasteiger partial charge in [-0.2, -0.15) is 0 Å². The van der Waals surface area contributed by atoms with E-state index in [1.54, 1.807) is 6.08 Å². The number of amides is 2. The molecule has 5 nitrogen and oxygen atoms in total. The maximum Gasteiger partial charge on any atom is 0.244 e. The van der Waals surface area contributed by atoms with Gasteiger partial charge in [0, 0.05) is 50.9 Å². The van der Waals surface area contributed by atoms with Gasteiger partial charge in [0.25, 0.3) is 0 Å². The molecule has 1 atom stereocenters. The van der Waals surface area contributed by atoms with E-state index >= 15 is 0 Å². The number of hydrogen-bond donors (Lipinski definition) is 1. The number of nitrogens with zero attached hydrogens (tertiary/aromatic N) is 2. The van der Waals surface area contributed by atoms with Gasteiger partial charge in [-0.05, 0) is 55.5 Å². The molecular formula is C20H27N3O2. The number of anilines is 1. The van der Waals surface area contributed by atoms with Crippen molar-refractivity contribution in [2.45, 2.75) is 38.6 Å². The molecule has 0 saturated carbocycles. The molecule has 5 heteroatoms. The summed E-state index contributed by atoms with van der Waals surface area (Å²) < 4.78 is 0. The lowest BCUT2D eigenvalue weighted by Crippen LogP contribution is -2.41. The van der Waals surface area contributed by atoms with Crippen molar-refractivity contribution in [3.8, 4) is 0 Å². The van der Waals surface area contributed by atoms with E-state index in [0.29, 0.717) is 13.0 Å². The fourth-order valence-electron chi connectivity index (χ4n) is 3.65. The van der Waals surface area contributed by atoms with Gasteiger partial charge in [-0.25, -0.2) is 0 Å². The van der Waals surface area contributed by atoms with Gasteiger partial charge in [-0.15, -0.1) is 0 Å². The van der Waals surface area contributed by atoms with Crippen LogP contribution in [0, 0.1) is 0 Å². The van der Waals surface area contributed by atoms with Gasteiger partial charge in [0.1, 0.15) is 0 Å². The Morgan fingerprint density at radius 3 is 2.84 bits per heavy atom. The van der Waals surface area contributed by atoms with E-state index in [-0.39, 0.29) is 17.9 Å². The molecular weight excluding hydrogens is 314 g/mol. The molecule has 0 spiro atoms. The molecule has 1 unspecified atom stereocenters. The van der Waals surface area contributed by atoms with E-state index < -0.39 is 0 Å². The fourth-order valence-corrected chi connectivity index (χ4v) is 3.65. The Hall–Kier alpha value is -2.30. The van der Waals surface area contributed by atoms with E-state index in [0.717, 1.165) is 31.5 Å². The Morgan fingerprint density at radius 2 is 2.08 bits per heavy atom. The Morgan fingerprint density at radius 1 is 1.28 bits per heavy atom. The van der Waals surface area contributed by atoms with Gasteiger partial charge in [0.2, 0.25) is 11.8 Å². The van der Waals surface area contributed by atoms with Crippen LogP contribution in [0.5, 0.6) is 0 Å². The molecule has 134 valence electrons. The number of fused-ring (bicyclic) bond motifs is 1. The van der Waals surface area contributed by atoms with Crippen LogP contribution in [0.3, 0.4) is 0 Å². The average molecular weight is 341 g/mol. The highest BCUT2D eigenvalue weighted by Gasteiger charge is 2.22. The van der Waals surface area contributed by atoms with Crippen LogP contribution in [-0.4, -0.2) is 49.4 Å². The van der Waals surface area contributed by atoms with Crippen LogP contribution in [0.2, 0.25) is 0 Å². The molecule has 1 aromatic rings. The first-order valence-corrected chi connectivity index (χ1v) is 9.13. The van der Waals surface area contributed by atoms with Gasteiger partial charge in [-0.3, -0.25) is 9.59 Å². The molecule has 0 aliphatic carbocycles. The van der Waals surface area contributed by atoms with Crippen molar-refractivity contribution in [3.05, 3.63) is 35.4 Å². The number of benzene rings is 1. The van der Waals surface area contributed by atoms with Crippen molar-refractivity contribution in [3.63, 3.8) is 0 Å². The minimum absolute atomic E-state index is 0.0450. The Balaban J connectivity index is 1.54. The monoisotopic (exact) mass is 341 g/mol. The molecule has 3 rings (SSSR count). The summed E-state index contributed by atoms with van der Waals surface area (Å²) in [5.74, 6) is 0.0738. The second kappa shape index (κ2) is 7.72. The van der Waals surface area contributed by atoms with Gasteiger partial charge in [0.05, 0.1) is 0 Å². The normalized spacial score (nSPS) is 18.6. The highest BCUT2D eigenvalue weighted by molar-refractivity contribution is 5.92. The quantitative estimate of drug-likeness (QED) is 0.836. The van der Waals surface area contributed by atoms with Crippen LogP contribution in [0.25, 0.3) is 6.08 Å². The zero-order valence-corrected chi connectivity index (χ0v) is 15.1. The first-order valence-electron chi connectivity index (χ1n) is 9.13. The molecule has 1 saturated heterocycles. The summed E-state index contributed by atoms with van der Waals surface area (Å²) in [5, 5.41) is 2.94. The average Bonchev–Trinajstić information content (AvgIpc) is 2.98. The lowest BCUT2D eigenvalue weighted by molar-refractivity contribution is -0.128. The number of likely N-dealkylation sites (tertiary alicyclic amines) is 1. The molecule has 2 aliphatic rings. The number of rotatable bonds is 5. The fraction of sp³-hybridized carbons (Fsp3) is 0.500. The number of hydrogen-bond acceptors (Lipinski definition) is 3. The van der Waals surface area contributed by atoms with Crippen LogP contribution in [0.1, 0.15) is 37.3 Å². The van der Waals surface area contributed by atoms with E-state index in [9.17, 15) is 9.59 Å². The summed E-state index contributed by atoms with van der Waals surface area (Å²) in [7, 11) is 2.12. The van der Waals surface area contributed by atoms with Gasteiger partial charge >= 0.3 is 0 Å². The van der Waals surface area contributed by atoms with Crippen molar-refractivity contribution in [2.24, 2.45) is 0 Å². The zero-order valence-electron chi connectivity index (χ0n) is 15.1. The van der Waals surface area contributed by atoms with E-state index in [4.69, 9.17) is 0 Å². The molecule has 1 aromatic carbocycles. The summed E-state index contributed by atoms with van der Waals surface area (Å²) in [5.41, 5.74) is 3.68. The predicted molar refractivity (Wildman–Crippen MR) is 100 cm³/mol. The van der Waals surface area contributed by atoms with Crippen LogP contribution in [-0.2, 0) is 16.0 Å². The Bertz CT molecular complexity index is 684. The Labute approximate surface area is 149 Å². The van der Waals surface area contributed by atoms with E-state index in [2.05, 4.69) is 35.5 Å². The third kappa shape index (κ3) is 4.41. The minimum atomic E-state index is -0.117. The van der Waals surface area contributed by atoms with Crippen LogP contribution in [0.4, 0.5) is 5.69 Å². The first kappa shape index (κ1) is 17.5. The molecule has 0 aromatic heterocycles. The lowest BCUT2D eigenvalue weighted by Gasteiger charge is -2.27. The second-order valence-electron chi connectivity index (χ2n) is 7.10. The van der Waals surface area contributed by atoms with Crippen molar-refractivity contribution in [1.82, 2.24) is 10.2 Å². The van der Waals surface area contributed by atoms with Crippen LogP contribution >= 0.6 is 0 Å². The standard InChI is InChI=1S/C20H27N3O2/c1-15(14-23-12-4-6-20(23)25)21-19(24)10-8-16-7-9-18-17(13-16)5-3-11-22(18)2/h7-10,13,15H,3-6,11-12,14H2,1-2H3,(H,21,24). The summed E-state index contributed by atoms with van der Waals surface area (Å²) in [4.78, 5) is 27.9. The summed E-state index contributed by atoms with van der Waals surface area (Å²) >= 11 is 0. The molecule has 0 radical (unpaired) electrons. The highest BCUT2D eigenvalue weighted by atomic mass is 16.2. The number of aryl methyl sites for hydroxylation is 1. The van der Waals surface area contributed by atoms with Crippen molar-refractivity contribution in [2.75, 3.05) is 31.6 Å².